The van der Waals surface area contributed by atoms with Gasteiger partial charge in [0.15, 0.2) is 0 Å². The number of nitrogens with one attached hydrogen (secondary N) is 1. The number of hydrogen-bond acceptors (Lipinski definition) is 13. The third-order valence-corrected chi connectivity index (χ3v) is 13.3. The average Bonchev–Trinajstić information content (AvgIpc) is 3.64. The van der Waals surface area contributed by atoms with Crippen LogP contribution in [-0.2, 0) is 34.4 Å². The van der Waals surface area contributed by atoms with Crippen LogP contribution < -0.4 is 20.7 Å². The number of rotatable bonds is 18. The van der Waals surface area contributed by atoms with Crippen LogP contribution in [-0.4, -0.2) is 54.1 Å². The molecule has 1 unspecified atom stereocenters. The van der Waals surface area contributed by atoms with Gasteiger partial charge in [-0.25, -0.2) is 9.36 Å². The van der Waals surface area contributed by atoms with Gasteiger partial charge < -0.3 is 18.9 Å². The molecular formula is C41H41N4O11PS. The fourth-order valence-corrected chi connectivity index (χ4v) is 10.00. The SMILES string of the molecule is COc1ccc(C(OC[C@H]2O[C@@H](n3cc(C)c(=O)[nH]c3=O)C[C@@H]2OP(=O)(OCCC#N)SCc2ccc([N+](=O)[O-])cc2)(c2ccccc2)c2ccc(OC)cc2)cc1. The highest BCUT2D eigenvalue weighted by Gasteiger charge is 2.46. The van der Waals surface area contributed by atoms with E-state index in [0.717, 1.165) is 28.1 Å². The van der Waals surface area contributed by atoms with Gasteiger partial charge in [-0.1, -0.05) is 66.7 Å². The van der Waals surface area contributed by atoms with Gasteiger partial charge in [-0.15, -0.1) is 0 Å². The first kappa shape index (κ1) is 42.1. The summed E-state index contributed by atoms with van der Waals surface area (Å²) in [6, 6.07) is 32.2. The van der Waals surface area contributed by atoms with E-state index in [4.69, 9.17) is 28.0 Å². The maximum Gasteiger partial charge on any atom is 0.389 e. The molecule has 1 saturated heterocycles. The van der Waals surface area contributed by atoms with Crippen LogP contribution >= 0.6 is 18.2 Å². The molecule has 0 amide bonds. The number of ether oxygens (including phenoxy) is 4. The molecule has 15 nitrogen and oxygen atoms in total. The maximum absolute atomic E-state index is 14.6. The number of nitrogens with zero attached hydrogens (tertiary/aromatic N) is 3. The molecule has 6 rings (SSSR count). The van der Waals surface area contributed by atoms with Crippen LogP contribution in [0.15, 0.2) is 119 Å². The zero-order valence-corrected chi connectivity index (χ0v) is 33.6. The van der Waals surface area contributed by atoms with Gasteiger partial charge in [-0.2, -0.15) is 5.26 Å². The lowest BCUT2D eigenvalue weighted by Gasteiger charge is -2.37. The van der Waals surface area contributed by atoms with Gasteiger partial charge in [0.1, 0.15) is 35.5 Å². The largest absolute Gasteiger partial charge is 0.497 e. The number of nitro groups is 1. The van der Waals surface area contributed by atoms with E-state index in [1.807, 2.05) is 84.9 Å². The molecule has 0 saturated carbocycles. The van der Waals surface area contributed by atoms with Gasteiger partial charge in [0.2, 0.25) is 0 Å². The molecule has 1 aromatic heterocycles. The van der Waals surface area contributed by atoms with Crippen LogP contribution in [0.4, 0.5) is 5.69 Å². The Hall–Kier alpha value is -5.53. The Labute approximate surface area is 337 Å². The molecule has 1 fully saturated rings. The summed E-state index contributed by atoms with van der Waals surface area (Å²) < 4.78 is 52.6. The lowest BCUT2D eigenvalue weighted by atomic mass is 9.80. The summed E-state index contributed by atoms with van der Waals surface area (Å²) in [4.78, 5) is 38.4. The van der Waals surface area contributed by atoms with Gasteiger partial charge in [0, 0.05) is 36.1 Å². The topological polar surface area (TPSA) is 194 Å². The number of H-pyrrole nitrogens is 1. The Bertz CT molecular complexity index is 2340. The third kappa shape index (κ3) is 9.59. The number of non-ortho nitro benzene ring substituents is 1. The summed E-state index contributed by atoms with van der Waals surface area (Å²) in [6.07, 6.45) is -1.66. The zero-order valence-electron chi connectivity index (χ0n) is 31.8. The normalized spacial score (nSPS) is 17.6. The molecule has 0 bridgehead atoms. The van der Waals surface area contributed by atoms with Crippen molar-refractivity contribution in [1.82, 2.24) is 9.55 Å². The number of nitro benzene ring substituents is 1. The molecule has 1 N–H and O–H groups in total. The van der Waals surface area contributed by atoms with E-state index in [1.54, 1.807) is 33.3 Å². The van der Waals surface area contributed by atoms with E-state index in [-0.39, 0.29) is 43.1 Å². The van der Waals surface area contributed by atoms with Crippen LogP contribution in [0, 0.1) is 28.4 Å². The van der Waals surface area contributed by atoms with Crippen molar-refractivity contribution in [3.05, 3.63) is 168 Å². The van der Waals surface area contributed by atoms with Gasteiger partial charge in [-0.3, -0.25) is 33.5 Å². The van der Waals surface area contributed by atoms with Crippen molar-refractivity contribution < 1.29 is 37.5 Å². The van der Waals surface area contributed by atoms with Crippen LogP contribution in [0.25, 0.3) is 0 Å². The molecule has 0 aliphatic carbocycles. The molecule has 17 heteroatoms. The molecule has 0 spiro atoms. The minimum absolute atomic E-state index is 0.00742. The van der Waals surface area contributed by atoms with Crippen LogP contribution in [0.2, 0.25) is 0 Å². The van der Waals surface area contributed by atoms with E-state index in [2.05, 4.69) is 4.98 Å². The predicted molar refractivity (Wildman–Crippen MR) is 216 cm³/mol. The molecular weight excluding hydrogens is 788 g/mol. The van der Waals surface area contributed by atoms with Crippen molar-refractivity contribution in [1.29, 1.82) is 5.26 Å². The van der Waals surface area contributed by atoms with Crippen LogP contribution in [0.1, 0.15) is 46.9 Å². The Kier molecular flexibility index (Phi) is 13.7. The number of aromatic amines is 1. The fourth-order valence-electron chi connectivity index (χ4n) is 6.55. The first-order valence-electron chi connectivity index (χ1n) is 18.1. The standard InChI is InChI=1S/C41H41N4O11PS/c1-28-25-44(40(47)43-39(28)46)38-24-36(56-57(50,54-23-7-22-42)58-27-29-10-16-33(17-11-29)45(48)49)37(55-38)26-53-41(30-8-5-4-6-9-30,31-12-18-34(51-2)19-13-31)32-14-20-35(52-3)21-15-32/h4-6,8-21,25,36-38H,7,23-24,26-27H2,1-3H3,(H,43,46,47)/t36-,37+,38+,57?/m0/s1. The number of aryl methyl sites for hydroxylation is 1. The Balaban J connectivity index is 1.40. The smallest absolute Gasteiger partial charge is 0.389 e. The highest BCUT2D eigenvalue weighted by Crippen LogP contribution is 2.64. The quantitative estimate of drug-likeness (QED) is 0.0302. The van der Waals surface area contributed by atoms with Crippen molar-refractivity contribution in [2.45, 2.75) is 49.6 Å². The predicted octanol–water partition coefficient (Wildman–Crippen LogP) is 7.42. The van der Waals surface area contributed by atoms with Crippen LogP contribution in [0.5, 0.6) is 11.5 Å². The van der Waals surface area contributed by atoms with E-state index >= 15 is 0 Å². The minimum Gasteiger partial charge on any atom is -0.497 e. The number of aromatic nitrogens is 2. The Morgan fingerprint density at radius 2 is 1.55 bits per heavy atom. The second kappa shape index (κ2) is 18.8. The summed E-state index contributed by atoms with van der Waals surface area (Å²) in [6.45, 7) is -2.93. The molecule has 1 aliphatic rings. The Morgan fingerprint density at radius 1 is 0.948 bits per heavy atom. The maximum atomic E-state index is 14.6. The molecule has 4 atom stereocenters. The number of nitriles is 1. The van der Waals surface area contributed by atoms with E-state index < -0.39 is 47.0 Å². The molecule has 302 valence electrons. The molecule has 0 radical (unpaired) electrons. The van der Waals surface area contributed by atoms with Crippen LogP contribution in [0.3, 0.4) is 0 Å². The van der Waals surface area contributed by atoms with Crippen molar-refractivity contribution >= 4 is 23.9 Å². The summed E-state index contributed by atoms with van der Waals surface area (Å²) in [5, 5.41) is 20.5. The van der Waals surface area contributed by atoms with E-state index in [0.29, 0.717) is 17.1 Å². The average molecular weight is 829 g/mol. The first-order valence-corrected chi connectivity index (χ1v) is 21.3. The van der Waals surface area contributed by atoms with Crippen molar-refractivity contribution in [3.8, 4) is 17.6 Å². The first-order chi connectivity index (χ1) is 28.0. The zero-order chi connectivity index (χ0) is 41.3. The molecule has 5 aromatic rings. The van der Waals surface area contributed by atoms with Crippen molar-refractivity contribution in [2.24, 2.45) is 0 Å². The van der Waals surface area contributed by atoms with Gasteiger partial charge in [-0.05, 0) is 64.8 Å². The summed E-state index contributed by atoms with van der Waals surface area (Å²) in [7, 11) is 3.16. The monoisotopic (exact) mass is 828 g/mol. The summed E-state index contributed by atoms with van der Waals surface area (Å²) >= 11 is 0.852. The van der Waals surface area contributed by atoms with E-state index in [1.165, 1.54) is 22.9 Å². The third-order valence-electron chi connectivity index (χ3n) is 9.54. The lowest BCUT2D eigenvalue weighted by molar-refractivity contribution is -0.384. The number of benzene rings is 4. The summed E-state index contributed by atoms with van der Waals surface area (Å²) in [5.74, 6) is 1.36. The van der Waals surface area contributed by atoms with Gasteiger partial charge >= 0.3 is 12.5 Å². The fraction of sp³-hybridized carbons (Fsp3) is 0.293. The van der Waals surface area contributed by atoms with E-state index in [9.17, 15) is 29.5 Å². The van der Waals surface area contributed by atoms with Gasteiger partial charge in [0.05, 0.1) is 44.8 Å². The minimum atomic E-state index is -4.11. The highest BCUT2D eigenvalue weighted by atomic mass is 32.7. The summed E-state index contributed by atoms with van der Waals surface area (Å²) in [5.41, 5.74) is 0.523. The van der Waals surface area contributed by atoms with Crippen molar-refractivity contribution in [3.63, 3.8) is 0 Å². The molecule has 2 heterocycles. The Morgan fingerprint density at radius 3 is 2.12 bits per heavy atom. The number of hydrogen-bond donors (Lipinski definition) is 1. The lowest BCUT2D eigenvalue weighted by Crippen LogP contribution is -2.38. The van der Waals surface area contributed by atoms with Crippen molar-refractivity contribution in [2.75, 3.05) is 27.4 Å². The second-order valence-electron chi connectivity index (χ2n) is 13.2. The van der Waals surface area contributed by atoms with Gasteiger partial charge in [0.25, 0.3) is 11.2 Å². The molecule has 1 aliphatic heterocycles. The molecule has 58 heavy (non-hydrogen) atoms. The second-order valence-corrected chi connectivity index (χ2v) is 17.2. The number of methoxy groups -OCH3 is 2. The molecule has 4 aromatic carbocycles. The highest BCUT2D eigenvalue weighted by molar-refractivity contribution is 8.54.